The number of aryl methyl sites for hydroxylation is 1. The van der Waals surface area contributed by atoms with E-state index in [0.29, 0.717) is 11.3 Å². The third kappa shape index (κ3) is 5.18. The van der Waals surface area contributed by atoms with Crippen LogP contribution in [0.4, 0.5) is 20.4 Å². The van der Waals surface area contributed by atoms with Gasteiger partial charge >= 0.3 is 0 Å². The largest absolute Gasteiger partial charge is 0.368 e. The molecule has 0 aliphatic carbocycles. The summed E-state index contributed by atoms with van der Waals surface area (Å²) in [4.78, 5) is 15.7. The average molecular weight is 513 g/mol. The van der Waals surface area contributed by atoms with Crippen LogP contribution in [0.2, 0.25) is 5.02 Å². The minimum atomic E-state index is -4.28. The molecule has 0 saturated carbocycles. The number of anilines is 2. The first-order valence-corrected chi connectivity index (χ1v) is 11.7. The number of benzene rings is 1. The highest BCUT2D eigenvalue weighted by atomic mass is 35.5. The van der Waals surface area contributed by atoms with Crippen molar-refractivity contribution in [3.8, 4) is 23.1 Å². The molecular formula is C23H15ClF2N6O2S. The Bertz CT molecular complexity index is 1610. The molecule has 35 heavy (non-hydrogen) atoms. The van der Waals surface area contributed by atoms with Crippen molar-refractivity contribution in [2.45, 2.75) is 11.8 Å². The highest BCUT2D eigenvalue weighted by Gasteiger charge is 2.22. The van der Waals surface area contributed by atoms with E-state index in [1.165, 1.54) is 31.6 Å². The van der Waals surface area contributed by atoms with Crippen LogP contribution < -0.4 is 10.5 Å². The van der Waals surface area contributed by atoms with Crippen LogP contribution in [0.15, 0.2) is 60.0 Å². The molecule has 0 aliphatic heterocycles. The number of hydrogen-bond donors (Lipinski definition) is 2. The van der Waals surface area contributed by atoms with Crippen LogP contribution in [0, 0.1) is 30.4 Å². The van der Waals surface area contributed by atoms with Gasteiger partial charge in [-0.15, -0.1) is 0 Å². The van der Waals surface area contributed by atoms with E-state index in [0.717, 1.165) is 12.1 Å². The van der Waals surface area contributed by atoms with Gasteiger partial charge < -0.3 is 5.73 Å². The van der Waals surface area contributed by atoms with Crippen molar-refractivity contribution in [3.05, 3.63) is 88.6 Å². The Labute approximate surface area is 204 Å². The highest BCUT2D eigenvalue weighted by molar-refractivity contribution is 7.92. The molecule has 12 heteroatoms. The number of nitrogens with one attached hydrogen (secondary N) is 1. The lowest BCUT2D eigenvalue weighted by Gasteiger charge is -2.12. The summed E-state index contributed by atoms with van der Waals surface area (Å²) in [5, 5.41) is 0.0808. The van der Waals surface area contributed by atoms with Gasteiger partial charge in [-0.3, -0.25) is 14.7 Å². The van der Waals surface area contributed by atoms with Gasteiger partial charge in [0.05, 0.1) is 33.2 Å². The molecule has 4 rings (SSSR count). The van der Waals surface area contributed by atoms with Gasteiger partial charge in [0.1, 0.15) is 10.7 Å². The molecule has 0 aliphatic rings. The lowest BCUT2D eigenvalue weighted by atomic mass is 10.1. The molecule has 3 heterocycles. The van der Waals surface area contributed by atoms with Crippen LogP contribution >= 0.6 is 11.6 Å². The molecule has 1 aromatic carbocycles. The second kappa shape index (κ2) is 9.61. The van der Waals surface area contributed by atoms with Gasteiger partial charge in [-0.05, 0) is 37.3 Å². The second-order valence-electron chi connectivity index (χ2n) is 7.11. The first kappa shape index (κ1) is 24.0. The van der Waals surface area contributed by atoms with Crippen molar-refractivity contribution < 1.29 is 17.2 Å². The molecule has 0 saturated heterocycles. The Kier molecular flexibility index (Phi) is 6.59. The predicted molar refractivity (Wildman–Crippen MR) is 127 cm³/mol. The van der Waals surface area contributed by atoms with Crippen LogP contribution in [0.5, 0.6) is 0 Å². The number of rotatable bonds is 4. The molecule has 0 bridgehead atoms. The van der Waals surface area contributed by atoms with E-state index in [4.69, 9.17) is 17.3 Å². The number of nitrogen functional groups attached to an aromatic ring is 1. The van der Waals surface area contributed by atoms with Crippen molar-refractivity contribution in [2.24, 2.45) is 0 Å². The Morgan fingerprint density at radius 3 is 2.63 bits per heavy atom. The predicted octanol–water partition coefficient (Wildman–Crippen LogP) is 3.96. The normalized spacial score (nSPS) is 11.0. The summed E-state index contributed by atoms with van der Waals surface area (Å²) < 4.78 is 57.3. The third-order valence-electron chi connectivity index (χ3n) is 4.70. The van der Waals surface area contributed by atoms with Crippen LogP contribution in [0.3, 0.4) is 0 Å². The molecule has 0 spiro atoms. The Hall–Kier alpha value is -4.14. The fourth-order valence-corrected chi connectivity index (χ4v) is 4.55. The van der Waals surface area contributed by atoms with Gasteiger partial charge in [-0.1, -0.05) is 23.4 Å². The highest BCUT2D eigenvalue weighted by Crippen LogP contribution is 2.26. The van der Waals surface area contributed by atoms with Gasteiger partial charge in [0.15, 0.2) is 5.82 Å². The van der Waals surface area contributed by atoms with Crippen molar-refractivity contribution in [1.82, 2.24) is 19.9 Å². The number of aromatic nitrogens is 4. The Morgan fingerprint density at radius 1 is 1.09 bits per heavy atom. The van der Waals surface area contributed by atoms with Gasteiger partial charge in [-0.25, -0.2) is 27.2 Å². The Balaban J connectivity index is 1.75. The average Bonchev–Trinajstić information content (AvgIpc) is 2.83. The fourth-order valence-electron chi connectivity index (χ4n) is 3.05. The van der Waals surface area contributed by atoms with Crippen LogP contribution in [0.25, 0.3) is 11.3 Å². The molecule has 0 amide bonds. The lowest BCUT2D eigenvalue weighted by molar-refractivity contribution is 0.577. The number of hydrogen-bond acceptors (Lipinski definition) is 7. The summed E-state index contributed by atoms with van der Waals surface area (Å²) in [7, 11) is -4.28. The molecule has 0 fully saturated rings. The van der Waals surface area contributed by atoms with E-state index in [2.05, 4.69) is 36.5 Å². The number of nitrogens with two attached hydrogens (primary N) is 1. The summed E-state index contributed by atoms with van der Waals surface area (Å²) >= 11 is 5.85. The summed E-state index contributed by atoms with van der Waals surface area (Å²) in [6.45, 7) is 1.46. The second-order valence-corrected chi connectivity index (χ2v) is 9.20. The Morgan fingerprint density at radius 2 is 1.89 bits per heavy atom. The summed E-state index contributed by atoms with van der Waals surface area (Å²) in [6, 6.07) is 6.42. The third-order valence-corrected chi connectivity index (χ3v) is 6.38. The molecular weight excluding hydrogens is 498 g/mol. The smallest absolute Gasteiger partial charge is 0.263 e. The summed E-state index contributed by atoms with van der Waals surface area (Å²) in [6.07, 6.45) is 5.69. The van der Waals surface area contributed by atoms with Crippen LogP contribution in [-0.4, -0.2) is 28.4 Å². The quantitative estimate of drug-likeness (QED) is 0.397. The zero-order chi connectivity index (χ0) is 25.2. The van der Waals surface area contributed by atoms with Crippen molar-refractivity contribution in [1.29, 1.82) is 0 Å². The van der Waals surface area contributed by atoms with Crippen molar-refractivity contribution in [3.63, 3.8) is 0 Å². The first-order valence-electron chi connectivity index (χ1n) is 9.83. The maximum atomic E-state index is 15.2. The van der Waals surface area contributed by atoms with E-state index in [1.54, 1.807) is 18.3 Å². The maximum Gasteiger partial charge on any atom is 0.263 e. The standard InChI is InChI=1S/C23H15ClF2N6O2S/c1-13-20(9-16(24)12-29-13)35(33,34)32-19-7-6-18(25)17(21(19)26)5-4-15-11-30-23(27)31-22(15)14-3-2-8-28-10-14/h2-3,6-12,32H,1H3,(H2,27,30,31). The van der Waals surface area contributed by atoms with E-state index in [9.17, 15) is 12.8 Å². The summed E-state index contributed by atoms with van der Waals surface area (Å²) in [5.74, 6) is 2.83. The van der Waals surface area contributed by atoms with Crippen LogP contribution in [0.1, 0.15) is 16.8 Å². The minimum absolute atomic E-state index is 0.0195. The number of halogens is 3. The van der Waals surface area contributed by atoms with Gasteiger partial charge in [0.25, 0.3) is 10.0 Å². The van der Waals surface area contributed by atoms with Crippen LogP contribution in [-0.2, 0) is 10.0 Å². The molecule has 4 aromatic rings. The lowest BCUT2D eigenvalue weighted by Crippen LogP contribution is -2.16. The number of sulfonamides is 1. The van der Waals surface area contributed by atoms with E-state index in [1.807, 2.05) is 0 Å². The number of nitrogens with zero attached hydrogens (tertiary/aromatic N) is 4. The first-order chi connectivity index (χ1) is 16.7. The molecule has 0 unspecified atom stereocenters. The molecule has 3 N–H and O–H groups in total. The van der Waals surface area contributed by atoms with E-state index in [-0.39, 0.29) is 27.1 Å². The molecule has 8 nitrogen and oxygen atoms in total. The van der Waals surface area contributed by atoms with Gasteiger partial charge in [-0.2, -0.15) is 0 Å². The monoisotopic (exact) mass is 512 g/mol. The molecule has 176 valence electrons. The van der Waals surface area contributed by atoms with Crippen molar-refractivity contribution >= 4 is 33.3 Å². The maximum absolute atomic E-state index is 15.2. The fraction of sp³-hybridized carbons (Fsp3) is 0.0435. The topological polar surface area (TPSA) is 124 Å². The van der Waals surface area contributed by atoms with E-state index < -0.39 is 32.9 Å². The van der Waals surface area contributed by atoms with Gasteiger partial charge in [0, 0.05) is 30.4 Å². The minimum Gasteiger partial charge on any atom is -0.368 e. The zero-order valence-electron chi connectivity index (χ0n) is 17.9. The molecule has 0 atom stereocenters. The van der Waals surface area contributed by atoms with E-state index >= 15 is 4.39 Å². The van der Waals surface area contributed by atoms with Crippen molar-refractivity contribution in [2.75, 3.05) is 10.5 Å². The molecule has 3 aromatic heterocycles. The van der Waals surface area contributed by atoms with Gasteiger partial charge in [0.2, 0.25) is 5.95 Å². The SMILES string of the molecule is Cc1ncc(Cl)cc1S(=O)(=O)Nc1ccc(F)c(C#Cc2cnc(N)nc2-c2cccnc2)c1F. The zero-order valence-corrected chi connectivity index (χ0v) is 19.5. The molecule has 0 radical (unpaired) electrons. The number of pyridine rings is 2. The summed E-state index contributed by atoms with van der Waals surface area (Å²) in [5.41, 5.74) is 5.79.